The van der Waals surface area contributed by atoms with Crippen LogP contribution in [0, 0.1) is 4.91 Å². The van der Waals surface area contributed by atoms with Gasteiger partial charge in [-0.25, -0.2) is 4.57 Å². The lowest BCUT2D eigenvalue weighted by Gasteiger charge is -1.77. The van der Waals surface area contributed by atoms with Gasteiger partial charge in [-0.3, -0.25) is 4.62 Å². The summed E-state index contributed by atoms with van der Waals surface area (Å²) in [5.74, 6) is 0. The highest BCUT2D eigenvalue weighted by molar-refractivity contribution is 7.32. The Morgan fingerprint density at radius 3 is 2.33 bits per heavy atom. The van der Waals surface area contributed by atoms with E-state index in [1.54, 1.807) is 5.34 Å². The van der Waals surface area contributed by atoms with Crippen molar-refractivity contribution in [2.45, 2.75) is 0 Å². The number of hydrogen-bond donors (Lipinski definition) is 1. The maximum Gasteiger partial charge on any atom is 0.390 e. The van der Waals surface area contributed by atoms with Crippen LogP contribution in [0.15, 0.2) is 5.34 Å². The monoisotopic (exact) mass is 111 g/mol. The van der Waals surface area contributed by atoms with E-state index in [0.29, 0.717) is 0 Å². The Labute approximate surface area is 33.8 Å². The van der Waals surface area contributed by atoms with Crippen LogP contribution in [0.5, 0.6) is 0 Å². The van der Waals surface area contributed by atoms with Crippen LogP contribution in [0.25, 0.3) is 0 Å². The van der Waals surface area contributed by atoms with Gasteiger partial charge in [-0.1, -0.05) is 0 Å². The van der Waals surface area contributed by atoms with Crippen LogP contribution < -0.4 is 0 Å². The molecule has 0 rings (SSSR count). The Morgan fingerprint density at radius 1 is 1.83 bits per heavy atom. The zero-order valence-corrected chi connectivity index (χ0v) is 3.62. The van der Waals surface area contributed by atoms with Gasteiger partial charge in [-0.15, -0.1) is 4.91 Å². The van der Waals surface area contributed by atoms with Gasteiger partial charge >= 0.3 is 8.25 Å². The molecule has 0 saturated carbocycles. The third-order valence-electron chi connectivity index (χ3n) is 0.115. The van der Waals surface area contributed by atoms with Crippen molar-refractivity contribution in [3.8, 4) is 0 Å². The molecule has 0 aliphatic carbocycles. The van der Waals surface area contributed by atoms with Crippen molar-refractivity contribution in [2.24, 2.45) is 5.34 Å². The van der Waals surface area contributed by atoms with E-state index in [1.807, 2.05) is 0 Å². The Kier molecular flexibility index (Phi) is 2.62. The van der Waals surface area contributed by atoms with Gasteiger partial charge in [0.15, 0.2) is 5.34 Å². The molecule has 5 nitrogen and oxygen atoms in total. The topological polar surface area (TPSA) is 76.0 Å². The molecule has 1 N–H and O–H groups in total. The third-order valence-corrected chi connectivity index (χ3v) is 0.346. The van der Waals surface area contributed by atoms with Gasteiger partial charge in [0.2, 0.25) is 0 Å². The first-order valence-corrected chi connectivity index (χ1v) is 2.26. The summed E-state index contributed by atoms with van der Waals surface area (Å²) in [6.07, 6.45) is 0. The molecule has 0 aliphatic heterocycles. The Balaban J connectivity index is 3.05. The summed E-state index contributed by atoms with van der Waals surface area (Å²) in [4.78, 5) is 16.4. The fourth-order valence-electron chi connectivity index (χ4n) is 0.0319. The first kappa shape index (κ1) is 5.59. The van der Waals surface area contributed by atoms with Crippen molar-refractivity contribution in [1.29, 1.82) is 0 Å². The lowest BCUT2D eigenvalue weighted by atomic mass is 13.4. The second kappa shape index (κ2) is 2.81. The van der Waals surface area contributed by atoms with Gasteiger partial charge in [0.25, 0.3) is 0 Å². The summed E-state index contributed by atoms with van der Waals surface area (Å²) in [5, 5.41) is 1.67. The van der Waals surface area contributed by atoms with Gasteiger partial charge in [-0.05, 0) is 0 Å². The van der Waals surface area contributed by atoms with E-state index in [0.717, 1.165) is 0 Å². The molecule has 6 heavy (non-hydrogen) atoms. The molecule has 36 valence electrons. The summed E-state index contributed by atoms with van der Waals surface area (Å²) in [7, 11) is -3.11. The second-order valence-electron chi connectivity index (χ2n) is 0.432. The first-order valence-electron chi connectivity index (χ1n) is 0.997. The average Bonchev–Trinajstić information content (AvgIpc) is 1.35. The Bertz CT molecular complexity index is 67.9. The van der Waals surface area contributed by atoms with Gasteiger partial charge in [-0.2, -0.15) is 0 Å². The standard InChI is InChI=1S/H2NO4P/c2-1-5-6(3)4/h6H,(H,3,4). The van der Waals surface area contributed by atoms with Crippen molar-refractivity contribution in [1.82, 2.24) is 0 Å². The predicted octanol–water partition coefficient (Wildman–Crippen LogP) is 0.0664. The third kappa shape index (κ3) is 3.59. The molecule has 0 radical (unpaired) electrons. The van der Waals surface area contributed by atoms with Gasteiger partial charge in [0.05, 0.1) is 0 Å². The van der Waals surface area contributed by atoms with Crippen LogP contribution in [0.2, 0.25) is 0 Å². The largest absolute Gasteiger partial charge is 0.390 e. The first-order chi connectivity index (χ1) is 2.77. The second-order valence-corrected chi connectivity index (χ2v) is 1.15. The highest BCUT2D eigenvalue weighted by Gasteiger charge is 1.82. The van der Waals surface area contributed by atoms with Crippen molar-refractivity contribution in [3.05, 3.63) is 4.91 Å². The molecule has 0 amide bonds. The zero-order chi connectivity index (χ0) is 4.99. The molecule has 0 spiro atoms. The van der Waals surface area contributed by atoms with E-state index in [2.05, 4.69) is 4.62 Å². The summed E-state index contributed by atoms with van der Waals surface area (Å²) in [6.45, 7) is 0. The molecule has 0 aromatic heterocycles. The zero-order valence-electron chi connectivity index (χ0n) is 2.62. The highest BCUT2D eigenvalue weighted by atomic mass is 31.1. The maximum absolute atomic E-state index is 9.27. The summed E-state index contributed by atoms with van der Waals surface area (Å²) >= 11 is 0. The summed E-state index contributed by atoms with van der Waals surface area (Å²) in [5.41, 5.74) is 0. The number of rotatable bonds is 2. The van der Waals surface area contributed by atoms with Crippen LogP contribution in [0.3, 0.4) is 0 Å². The van der Waals surface area contributed by atoms with Crippen molar-refractivity contribution in [2.75, 3.05) is 0 Å². The normalized spacial score (nSPS) is 12.8. The van der Waals surface area contributed by atoms with E-state index >= 15 is 0 Å². The minimum Gasteiger partial charge on any atom is -0.316 e. The van der Waals surface area contributed by atoms with E-state index in [1.165, 1.54) is 0 Å². The maximum atomic E-state index is 9.27. The molecule has 6 heteroatoms. The summed E-state index contributed by atoms with van der Waals surface area (Å²) < 4.78 is 12.5. The average molecular weight is 111 g/mol. The van der Waals surface area contributed by atoms with E-state index in [4.69, 9.17) is 9.80 Å². The Morgan fingerprint density at radius 2 is 2.33 bits per heavy atom. The quantitative estimate of drug-likeness (QED) is 0.310. The van der Waals surface area contributed by atoms with Crippen LogP contribution in [-0.4, -0.2) is 4.89 Å². The number of nitrogens with zero attached hydrogens (tertiary/aromatic N) is 1. The molecular weight excluding hydrogens is 109 g/mol. The van der Waals surface area contributed by atoms with E-state index in [-0.39, 0.29) is 0 Å². The highest BCUT2D eigenvalue weighted by Crippen LogP contribution is 2.12. The molecule has 1 unspecified atom stereocenters. The van der Waals surface area contributed by atoms with Crippen molar-refractivity contribution in [3.63, 3.8) is 0 Å². The smallest absolute Gasteiger partial charge is 0.316 e. The van der Waals surface area contributed by atoms with Crippen LogP contribution >= 0.6 is 8.25 Å². The fourth-order valence-corrected chi connectivity index (χ4v) is 0.0956. The minimum absolute atomic E-state index is 1.67. The lowest BCUT2D eigenvalue weighted by Crippen LogP contribution is -1.55. The Hall–Kier alpha value is -0.410. The van der Waals surface area contributed by atoms with Crippen molar-refractivity contribution < 1.29 is 14.1 Å². The fraction of sp³-hybridized carbons (Fsp3) is 0. The molecule has 0 saturated heterocycles. The van der Waals surface area contributed by atoms with Crippen molar-refractivity contribution >= 4 is 8.25 Å². The van der Waals surface area contributed by atoms with Gasteiger partial charge in [0.1, 0.15) is 0 Å². The molecule has 0 aliphatic rings. The lowest BCUT2D eigenvalue weighted by molar-refractivity contribution is 0.293. The molecule has 0 bridgehead atoms. The molecule has 0 heterocycles. The minimum atomic E-state index is -3.11. The molecular formula is H2NO4P. The van der Waals surface area contributed by atoms with Crippen LogP contribution in [-0.2, 0) is 9.19 Å². The molecule has 1 atom stereocenters. The number of hydrogen-bond acceptors (Lipinski definition) is 4. The molecule has 0 aromatic carbocycles. The van der Waals surface area contributed by atoms with Crippen LogP contribution in [0.4, 0.5) is 0 Å². The summed E-state index contributed by atoms with van der Waals surface area (Å²) in [6, 6.07) is 0. The van der Waals surface area contributed by atoms with E-state index in [9.17, 15) is 4.57 Å². The van der Waals surface area contributed by atoms with Gasteiger partial charge in [0, 0.05) is 0 Å². The molecule has 0 fully saturated rings. The van der Waals surface area contributed by atoms with Gasteiger partial charge < -0.3 is 4.89 Å². The van der Waals surface area contributed by atoms with Crippen LogP contribution in [0.1, 0.15) is 0 Å². The van der Waals surface area contributed by atoms with E-state index < -0.39 is 8.25 Å². The SMILES string of the molecule is O=NO[PH](=O)O. The predicted molar refractivity (Wildman–Crippen MR) is 18.1 cm³/mol. The molecule has 0 aromatic rings.